The van der Waals surface area contributed by atoms with Gasteiger partial charge in [-0.05, 0) is 0 Å². The van der Waals surface area contributed by atoms with E-state index < -0.39 is 0 Å². The molecule has 1 aromatic carbocycles. The molecule has 0 saturated carbocycles. The minimum absolute atomic E-state index is 0.0603. The second kappa shape index (κ2) is 12.0. The van der Waals surface area contributed by atoms with Crippen LogP contribution in [0, 0.1) is 10.7 Å². The summed E-state index contributed by atoms with van der Waals surface area (Å²) in [7, 11) is 0. The van der Waals surface area contributed by atoms with E-state index >= 15 is 0 Å². The van der Waals surface area contributed by atoms with Crippen LogP contribution in [0.15, 0.2) is 23.8 Å². The van der Waals surface area contributed by atoms with Crippen molar-refractivity contribution in [3.8, 4) is 16.5 Å². The number of hydrogen-bond acceptors (Lipinski definition) is 3. The SMILES string of the molecule is CCCCCCOc1cc2c(cc1[Se]C#CC(C)=CC(=O)OCC)C(C)(C)CCC2(C)C. The van der Waals surface area contributed by atoms with Crippen molar-refractivity contribution in [2.75, 3.05) is 13.2 Å². The molecule has 0 atom stereocenters. The van der Waals surface area contributed by atoms with Crippen LogP contribution in [0.2, 0.25) is 0 Å². The summed E-state index contributed by atoms with van der Waals surface area (Å²) < 4.78 is 12.5. The average Bonchev–Trinajstić information content (AvgIpc) is 2.72. The van der Waals surface area contributed by atoms with Crippen LogP contribution in [0.5, 0.6) is 5.75 Å². The van der Waals surface area contributed by atoms with Crippen molar-refractivity contribution in [1.82, 2.24) is 0 Å². The fourth-order valence-corrected chi connectivity index (χ4v) is 5.54. The molecule has 0 saturated heterocycles. The molecule has 0 heterocycles. The standard InChI is InChI=1S/C28H40O3Se/c1-8-10-11-12-16-31-24-19-22-23(28(6,7)15-14-27(22,4)5)20-25(24)32-17-13-21(3)18-26(29)30-9-2/h18-20H,8-12,14-16H2,1-7H3. The van der Waals surface area contributed by atoms with Crippen molar-refractivity contribution < 1.29 is 14.3 Å². The Morgan fingerprint density at radius 1 is 1.06 bits per heavy atom. The van der Waals surface area contributed by atoms with Crippen molar-refractivity contribution in [1.29, 1.82) is 0 Å². The van der Waals surface area contributed by atoms with Gasteiger partial charge in [-0.1, -0.05) is 0 Å². The number of carbonyl (C=O) groups is 1. The molecule has 176 valence electrons. The molecule has 0 fully saturated rings. The fraction of sp³-hybridized carbons (Fsp3) is 0.607. The normalized spacial score (nSPS) is 16.5. The molecule has 0 unspecified atom stereocenters. The molecule has 2 rings (SSSR count). The maximum absolute atomic E-state index is 11.6. The molecule has 0 spiro atoms. The molecule has 0 amide bonds. The van der Waals surface area contributed by atoms with Crippen LogP contribution in [0.3, 0.4) is 0 Å². The first-order valence-corrected chi connectivity index (χ1v) is 13.7. The van der Waals surface area contributed by atoms with Gasteiger partial charge in [-0.2, -0.15) is 0 Å². The maximum atomic E-state index is 11.6. The molecule has 0 radical (unpaired) electrons. The van der Waals surface area contributed by atoms with Gasteiger partial charge in [0.1, 0.15) is 0 Å². The van der Waals surface area contributed by atoms with E-state index in [0.717, 1.165) is 24.4 Å². The van der Waals surface area contributed by atoms with Crippen LogP contribution in [0.4, 0.5) is 0 Å². The summed E-state index contributed by atoms with van der Waals surface area (Å²) in [4.78, 5) is 15.0. The summed E-state index contributed by atoms with van der Waals surface area (Å²) in [5, 5.41) is 0. The summed E-state index contributed by atoms with van der Waals surface area (Å²) in [6, 6.07) is 4.66. The molecule has 1 aromatic rings. The summed E-state index contributed by atoms with van der Waals surface area (Å²) in [6.45, 7) is 16.4. The Bertz CT molecular complexity index is 884. The number of hydrogen-bond donors (Lipinski definition) is 0. The third-order valence-corrected chi connectivity index (χ3v) is 7.76. The molecule has 0 bridgehead atoms. The third-order valence-electron chi connectivity index (χ3n) is 6.20. The van der Waals surface area contributed by atoms with Crippen molar-refractivity contribution in [2.45, 2.75) is 97.8 Å². The van der Waals surface area contributed by atoms with Crippen LogP contribution in [-0.2, 0) is 20.4 Å². The van der Waals surface area contributed by atoms with Gasteiger partial charge >= 0.3 is 202 Å². The van der Waals surface area contributed by atoms with Gasteiger partial charge in [0.05, 0.1) is 0 Å². The molecule has 4 heteroatoms. The second-order valence-corrected chi connectivity index (χ2v) is 11.7. The first kappa shape index (κ1) is 26.6. The zero-order valence-corrected chi connectivity index (χ0v) is 22.7. The van der Waals surface area contributed by atoms with E-state index in [4.69, 9.17) is 9.47 Å². The molecule has 3 nitrogen and oxygen atoms in total. The Morgan fingerprint density at radius 3 is 2.34 bits per heavy atom. The Hall–Kier alpha value is -1.69. The van der Waals surface area contributed by atoms with Gasteiger partial charge in [0.15, 0.2) is 0 Å². The van der Waals surface area contributed by atoms with E-state index in [1.165, 1.54) is 53.8 Å². The molecule has 1 aliphatic carbocycles. The summed E-state index contributed by atoms with van der Waals surface area (Å²) in [6.07, 6.45) is 8.61. The zero-order chi connectivity index (χ0) is 23.8. The first-order chi connectivity index (χ1) is 15.1. The minimum atomic E-state index is -0.333. The van der Waals surface area contributed by atoms with Gasteiger partial charge in [0.2, 0.25) is 0 Å². The number of unbranched alkanes of at least 4 members (excludes halogenated alkanes) is 3. The summed E-state index contributed by atoms with van der Waals surface area (Å²) in [5.74, 6) is 3.79. The van der Waals surface area contributed by atoms with Gasteiger partial charge in [0, 0.05) is 0 Å². The Morgan fingerprint density at radius 2 is 1.72 bits per heavy atom. The molecule has 0 aromatic heterocycles. The van der Waals surface area contributed by atoms with E-state index in [0.29, 0.717) is 6.61 Å². The Kier molecular flexibility index (Phi) is 9.93. The summed E-state index contributed by atoms with van der Waals surface area (Å²) in [5.41, 5.74) is 3.89. The Labute approximate surface area is 201 Å². The molecule has 0 N–H and O–H groups in total. The topological polar surface area (TPSA) is 35.5 Å². The number of benzene rings is 1. The summed E-state index contributed by atoms with van der Waals surface area (Å²) >= 11 is -0.0603. The molecular formula is C28H40O3Se. The van der Waals surface area contributed by atoms with Crippen LogP contribution in [0.25, 0.3) is 0 Å². The van der Waals surface area contributed by atoms with Gasteiger partial charge in [0.25, 0.3) is 0 Å². The molecule has 32 heavy (non-hydrogen) atoms. The van der Waals surface area contributed by atoms with E-state index in [-0.39, 0.29) is 31.8 Å². The number of esters is 1. The van der Waals surface area contributed by atoms with E-state index in [1.807, 2.05) is 6.92 Å². The average molecular weight is 504 g/mol. The second-order valence-electron chi connectivity index (χ2n) is 9.93. The molecule has 1 aliphatic rings. The fourth-order valence-electron chi connectivity index (χ4n) is 4.04. The van der Waals surface area contributed by atoms with Crippen molar-refractivity contribution in [3.63, 3.8) is 0 Å². The van der Waals surface area contributed by atoms with Crippen molar-refractivity contribution >= 4 is 25.4 Å². The van der Waals surface area contributed by atoms with Gasteiger partial charge < -0.3 is 0 Å². The van der Waals surface area contributed by atoms with Crippen molar-refractivity contribution in [3.05, 3.63) is 34.9 Å². The molecular weight excluding hydrogens is 463 g/mol. The monoisotopic (exact) mass is 504 g/mol. The van der Waals surface area contributed by atoms with Crippen LogP contribution < -0.4 is 9.20 Å². The van der Waals surface area contributed by atoms with E-state index in [2.05, 4.69) is 57.5 Å². The number of rotatable bonds is 9. The number of fused-ring (bicyclic) bond motifs is 1. The third kappa shape index (κ3) is 7.43. The number of ether oxygens (including phenoxy) is 2. The van der Waals surface area contributed by atoms with Crippen LogP contribution in [0.1, 0.15) is 98.1 Å². The Balaban J connectivity index is 2.33. The number of carbonyl (C=O) groups excluding carboxylic acids is 1. The molecule has 0 aliphatic heterocycles. The zero-order valence-electron chi connectivity index (χ0n) is 21.0. The van der Waals surface area contributed by atoms with Gasteiger partial charge in [-0.15, -0.1) is 0 Å². The van der Waals surface area contributed by atoms with Crippen LogP contribution >= 0.6 is 0 Å². The van der Waals surface area contributed by atoms with Crippen LogP contribution in [-0.4, -0.2) is 34.1 Å². The van der Waals surface area contributed by atoms with Gasteiger partial charge in [-0.3, -0.25) is 0 Å². The predicted octanol–water partition coefficient (Wildman–Crippen LogP) is 5.79. The quantitative estimate of drug-likeness (QED) is 0.141. The van der Waals surface area contributed by atoms with E-state index in [1.54, 1.807) is 6.92 Å². The predicted molar refractivity (Wildman–Crippen MR) is 135 cm³/mol. The number of allylic oxidation sites excluding steroid dienone is 1. The van der Waals surface area contributed by atoms with Crippen molar-refractivity contribution in [2.24, 2.45) is 0 Å². The first-order valence-electron chi connectivity index (χ1n) is 12.0. The van der Waals surface area contributed by atoms with Gasteiger partial charge in [-0.25, -0.2) is 0 Å². The van der Waals surface area contributed by atoms with E-state index in [9.17, 15) is 4.79 Å².